The van der Waals surface area contributed by atoms with Gasteiger partial charge in [0.1, 0.15) is 17.1 Å². The van der Waals surface area contributed by atoms with Crippen LogP contribution in [0, 0.1) is 6.92 Å². The van der Waals surface area contributed by atoms with E-state index in [1.807, 2.05) is 6.92 Å². The normalized spacial score (nSPS) is 11.7. The van der Waals surface area contributed by atoms with E-state index in [2.05, 4.69) is 15.5 Å². The number of para-hydroxylation sites is 2. The SMILES string of the molecule is CCOc1ccccc1NC(=O)c1cc2ccccc2c(N=Nc2cc(S(=O)(=O)O)cc(C)c2Cl)c1O. The summed E-state index contributed by atoms with van der Waals surface area (Å²) in [6, 6.07) is 17.6. The Morgan fingerprint density at radius 1 is 1.05 bits per heavy atom. The van der Waals surface area contributed by atoms with Gasteiger partial charge in [0.05, 0.1) is 27.8 Å². The van der Waals surface area contributed by atoms with Crippen LogP contribution in [0.15, 0.2) is 81.9 Å². The van der Waals surface area contributed by atoms with Crippen molar-refractivity contribution in [3.63, 3.8) is 0 Å². The number of carbonyl (C=O) groups excluding carboxylic acids is 1. The van der Waals surface area contributed by atoms with E-state index in [9.17, 15) is 22.9 Å². The van der Waals surface area contributed by atoms with E-state index in [-0.39, 0.29) is 22.0 Å². The first-order chi connectivity index (χ1) is 17.6. The summed E-state index contributed by atoms with van der Waals surface area (Å²) in [5, 5.41) is 23.2. The number of aromatic hydroxyl groups is 1. The molecule has 1 amide bonds. The van der Waals surface area contributed by atoms with Gasteiger partial charge < -0.3 is 15.2 Å². The standard InChI is InChI=1S/C26H22ClN3O6S/c1-3-36-22-11-7-6-10-20(22)28-26(32)19-13-16-8-4-5-9-18(16)24(25(19)31)30-29-21-14-17(37(33,34)35)12-15(2)23(21)27/h4-14,31H,3H2,1-2H3,(H,28,32)(H,33,34,35). The summed E-state index contributed by atoms with van der Waals surface area (Å²) >= 11 is 6.28. The number of fused-ring (bicyclic) bond motifs is 1. The zero-order valence-electron chi connectivity index (χ0n) is 19.8. The van der Waals surface area contributed by atoms with Crippen molar-refractivity contribution < 1.29 is 27.6 Å². The van der Waals surface area contributed by atoms with Gasteiger partial charge in [-0.2, -0.15) is 8.42 Å². The number of hydrogen-bond donors (Lipinski definition) is 3. The van der Waals surface area contributed by atoms with E-state index in [1.165, 1.54) is 12.1 Å². The van der Waals surface area contributed by atoms with Crippen LogP contribution in [0.25, 0.3) is 10.8 Å². The first-order valence-electron chi connectivity index (χ1n) is 11.1. The molecule has 0 heterocycles. The number of anilines is 1. The molecule has 0 saturated heterocycles. The smallest absolute Gasteiger partial charge is 0.294 e. The van der Waals surface area contributed by atoms with Crippen molar-refractivity contribution in [2.24, 2.45) is 10.2 Å². The minimum Gasteiger partial charge on any atom is -0.505 e. The van der Waals surface area contributed by atoms with Gasteiger partial charge in [0.15, 0.2) is 5.75 Å². The number of ether oxygens (including phenoxy) is 1. The predicted molar refractivity (Wildman–Crippen MR) is 141 cm³/mol. The molecular weight excluding hydrogens is 518 g/mol. The summed E-state index contributed by atoms with van der Waals surface area (Å²) < 4.78 is 38.3. The second-order valence-electron chi connectivity index (χ2n) is 7.97. The number of halogens is 1. The molecule has 0 aliphatic heterocycles. The van der Waals surface area contributed by atoms with Crippen LogP contribution in [0.5, 0.6) is 11.5 Å². The molecule has 37 heavy (non-hydrogen) atoms. The highest BCUT2D eigenvalue weighted by Crippen LogP contribution is 2.41. The van der Waals surface area contributed by atoms with E-state index in [0.29, 0.717) is 34.4 Å². The number of benzene rings is 4. The maximum atomic E-state index is 13.2. The third-order valence-electron chi connectivity index (χ3n) is 5.44. The highest BCUT2D eigenvalue weighted by atomic mass is 35.5. The number of azo groups is 1. The van der Waals surface area contributed by atoms with E-state index in [0.717, 1.165) is 6.07 Å². The van der Waals surface area contributed by atoms with Crippen LogP contribution in [0.1, 0.15) is 22.8 Å². The molecule has 0 saturated carbocycles. The number of phenolic OH excluding ortho intramolecular Hbond substituents is 1. The number of aryl methyl sites for hydroxylation is 1. The van der Waals surface area contributed by atoms with E-state index < -0.39 is 26.7 Å². The highest BCUT2D eigenvalue weighted by molar-refractivity contribution is 7.85. The molecule has 9 nitrogen and oxygen atoms in total. The van der Waals surface area contributed by atoms with Crippen LogP contribution in [-0.2, 0) is 10.1 Å². The summed E-state index contributed by atoms with van der Waals surface area (Å²) in [5.41, 5.74) is 0.647. The van der Waals surface area contributed by atoms with Crippen molar-refractivity contribution in [3.8, 4) is 11.5 Å². The molecule has 0 aliphatic rings. The van der Waals surface area contributed by atoms with Crippen molar-refractivity contribution in [1.82, 2.24) is 0 Å². The molecule has 190 valence electrons. The molecule has 11 heteroatoms. The van der Waals surface area contributed by atoms with Gasteiger partial charge in [-0.25, -0.2) is 0 Å². The van der Waals surface area contributed by atoms with Gasteiger partial charge in [-0.3, -0.25) is 9.35 Å². The van der Waals surface area contributed by atoms with Crippen LogP contribution >= 0.6 is 11.6 Å². The summed E-state index contributed by atoms with van der Waals surface area (Å²) in [6.07, 6.45) is 0. The lowest BCUT2D eigenvalue weighted by molar-refractivity contribution is 0.102. The number of hydrogen-bond acceptors (Lipinski definition) is 7. The minimum atomic E-state index is -4.52. The summed E-state index contributed by atoms with van der Waals surface area (Å²) in [5.74, 6) is -0.566. The Labute approximate surface area is 218 Å². The third-order valence-corrected chi connectivity index (χ3v) is 6.76. The molecule has 0 aromatic heterocycles. The fourth-order valence-electron chi connectivity index (χ4n) is 3.68. The Morgan fingerprint density at radius 3 is 2.49 bits per heavy atom. The predicted octanol–water partition coefficient (Wildman–Crippen LogP) is 6.82. The van der Waals surface area contributed by atoms with Crippen molar-refractivity contribution in [2.75, 3.05) is 11.9 Å². The maximum Gasteiger partial charge on any atom is 0.294 e. The fourth-order valence-corrected chi connectivity index (χ4v) is 4.41. The van der Waals surface area contributed by atoms with Gasteiger partial charge >= 0.3 is 0 Å². The Balaban J connectivity index is 1.81. The molecule has 0 radical (unpaired) electrons. The van der Waals surface area contributed by atoms with Crippen molar-refractivity contribution in [1.29, 1.82) is 0 Å². The fraction of sp³-hybridized carbons (Fsp3) is 0.115. The largest absolute Gasteiger partial charge is 0.505 e. The minimum absolute atomic E-state index is 0.0210. The summed E-state index contributed by atoms with van der Waals surface area (Å²) in [6.45, 7) is 3.78. The van der Waals surface area contributed by atoms with E-state index in [1.54, 1.807) is 55.5 Å². The lowest BCUT2D eigenvalue weighted by atomic mass is 10.0. The molecule has 4 aromatic carbocycles. The van der Waals surface area contributed by atoms with Crippen molar-refractivity contribution >= 4 is 55.5 Å². The molecule has 0 fully saturated rings. The zero-order chi connectivity index (χ0) is 26.7. The van der Waals surface area contributed by atoms with Crippen LogP contribution in [-0.4, -0.2) is 30.6 Å². The first-order valence-corrected chi connectivity index (χ1v) is 12.9. The zero-order valence-corrected chi connectivity index (χ0v) is 21.3. The Kier molecular flexibility index (Phi) is 7.44. The number of carbonyl (C=O) groups is 1. The van der Waals surface area contributed by atoms with Crippen LogP contribution in [0.2, 0.25) is 5.02 Å². The van der Waals surface area contributed by atoms with Gasteiger partial charge in [0.2, 0.25) is 0 Å². The molecule has 0 spiro atoms. The quantitative estimate of drug-likeness (QED) is 0.174. The molecule has 0 aliphatic carbocycles. The number of nitrogens with one attached hydrogen (secondary N) is 1. The molecule has 0 bridgehead atoms. The van der Waals surface area contributed by atoms with Crippen LogP contribution in [0.3, 0.4) is 0 Å². The lowest BCUT2D eigenvalue weighted by Gasteiger charge is -2.13. The Bertz CT molecular complexity index is 1650. The Hall–Kier alpha value is -3.99. The average Bonchev–Trinajstić information content (AvgIpc) is 2.86. The molecule has 0 unspecified atom stereocenters. The van der Waals surface area contributed by atoms with Crippen molar-refractivity contribution in [2.45, 2.75) is 18.7 Å². The first kappa shape index (κ1) is 26.1. The Morgan fingerprint density at radius 2 is 1.76 bits per heavy atom. The number of amides is 1. The van der Waals surface area contributed by atoms with Crippen molar-refractivity contribution in [3.05, 3.63) is 82.9 Å². The molecule has 3 N–H and O–H groups in total. The second kappa shape index (κ2) is 10.6. The van der Waals surface area contributed by atoms with Gasteiger partial charge in [-0.1, -0.05) is 48.0 Å². The third kappa shape index (κ3) is 5.56. The monoisotopic (exact) mass is 539 g/mol. The van der Waals surface area contributed by atoms with Crippen LogP contribution < -0.4 is 10.1 Å². The number of nitrogens with zero attached hydrogens (tertiary/aromatic N) is 2. The molecular formula is C26H22ClN3O6S. The van der Waals surface area contributed by atoms with E-state index >= 15 is 0 Å². The summed E-state index contributed by atoms with van der Waals surface area (Å²) in [7, 11) is -4.52. The molecule has 4 rings (SSSR count). The molecule has 4 aromatic rings. The average molecular weight is 540 g/mol. The van der Waals surface area contributed by atoms with E-state index in [4.69, 9.17) is 16.3 Å². The number of phenols is 1. The maximum absolute atomic E-state index is 13.2. The van der Waals surface area contributed by atoms with Gasteiger partial charge in [-0.15, -0.1) is 10.2 Å². The second-order valence-corrected chi connectivity index (χ2v) is 9.77. The van der Waals surface area contributed by atoms with Gasteiger partial charge in [0.25, 0.3) is 16.0 Å². The van der Waals surface area contributed by atoms with Gasteiger partial charge in [-0.05, 0) is 55.1 Å². The lowest BCUT2D eigenvalue weighted by Crippen LogP contribution is -2.13. The number of rotatable bonds is 7. The van der Waals surface area contributed by atoms with Gasteiger partial charge in [0, 0.05) is 5.39 Å². The summed E-state index contributed by atoms with van der Waals surface area (Å²) in [4.78, 5) is 12.8. The topological polar surface area (TPSA) is 138 Å². The molecule has 0 atom stereocenters. The van der Waals surface area contributed by atoms with Crippen LogP contribution in [0.4, 0.5) is 17.1 Å². The highest BCUT2D eigenvalue weighted by Gasteiger charge is 2.20.